The summed E-state index contributed by atoms with van der Waals surface area (Å²) in [6, 6.07) is 15.4. The lowest BCUT2D eigenvalue weighted by molar-refractivity contribution is -0.134. The Morgan fingerprint density at radius 3 is 2.77 bits per heavy atom. The molecule has 1 fully saturated rings. The van der Waals surface area contributed by atoms with E-state index in [0.29, 0.717) is 29.8 Å². The van der Waals surface area contributed by atoms with Crippen molar-refractivity contribution in [3.8, 4) is 22.9 Å². The molecule has 1 atom stereocenters. The molecule has 1 unspecified atom stereocenters. The summed E-state index contributed by atoms with van der Waals surface area (Å²) < 4.78 is 11.4. The lowest BCUT2D eigenvalue weighted by Gasteiger charge is -2.30. The first-order valence-corrected chi connectivity index (χ1v) is 10.5. The highest BCUT2D eigenvalue weighted by molar-refractivity contribution is 5.76. The Morgan fingerprint density at radius 1 is 1.16 bits per heavy atom. The van der Waals surface area contributed by atoms with Crippen molar-refractivity contribution >= 4 is 5.91 Å². The van der Waals surface area contributed by atoms with E-state index in [-0.39, 0.29) is 12.5 Å². The Labute approximate surface area is 181 Å². The Hall–Kier alpha value is -3.42. The third-order valence-electron chi connectivity index (χ3n) is 5.40. The number of tetrazole rings is 1. The quantitative estimate of drug-likeness (QED) is 0.583. The van der Waals surface area contributed by atoms with E-state index < -0.39 is 0 Å². The highest BCUT2D eigenvalue weighted by Crippen LogP contribution is 2.31. The molecule has 8 nitrogen and oxygen atoms in total. The second kappa shape index (κ2) is 9.59. The zero-order chi connectivity index (χ0) is 21.6. The molecule has 0 aliphatic carbocycles. The molecule has 1 saturated heterocycles. The molecule has 8 heteroatoms. The number of hydrogen-bond donors (Lipinski definition) is 0. The molecule has 1 aliphatic heterocycles. The first kappa shape index (κ1) is 20.8. The summed E-state index contributed by atoms with van der Waals surface area (Å²) in [6.45, 7) is 4.30. The smallest absolute Gasteiger partial charge is 0.246 e. The Kier molecular flexibility index (Phi) is 6.45. The molecular weight excluding hydrogens is 394 g/mol. The number of piperidine rings is 1. The van der Waals surface area contributed by atoms with Gasteiger partial charge in [-0.2, -0.15) is 4.80 Å². The standard InChI is InChI=1S/C23H27N5O3/c1-17-7-6-12-27(14-17)22(29)15-28-25-23(24-26-28)19-10-11-20(21(13-19)30-2)31-16-18-8-4-3-5-9-18/h3-5,8-11,13,17H,6-7,12,14-16H2,1-2H3. The maximum atomic E-state index is 12.6. The van der Waals surface area contributed by atoms with Gasteiger partial charge in [-0.15, -0.1) is 10.2 Å². The minimum absolute atomic E-state index is 0.0257. The number of benzene rings is 2. The van der Waals surface area contributed by atoms with Gasteiger partial charge in [0.25, 0.3) is 0 Å². The molecule has 1 amide bonds. The van der Waals surface area contributed by atoms with Gasteiger partial charge in [-0.3, -0.25) is 4.79 Å². The van der Waals surface area contributed by atoms with E-state index in [1.54, 1.807) is 7.11 Å². The van der Waals surface area contributed by atoms with Crippen LogP contribution < -0.4 is 9.47 Å². The van der Waals surface area contributed by atoms with Crippen molar-refractivity contribution < 1.29 is 14.3 Å². The van der Waals surface area contributed by atoms with Crippen LogP contribution >= 0.6 is 0 Å². The fourth-order valence-electron chi connectivity index (χ4n) is 3.72. The summed E-state index contributed by atoms with van der Waals surface area (Å²) in [7, 11) is 1.59. The van der Waals surface area contributed by atoms with Crippen molar-refractivity contribution in [1.29, 1.82) is 0 Å². The van der Waals surface area contributed by atoms with Gasteiger partial charge >= 0.3 is 0 Å². The van der Waals surface area contributed by atoms with Gasteiger partial charge in [0.2, 0.25) is 11.7 Å². The summed E-state index contributed by atoms with van der Waals surface area (Å²) in [5, 5.41) is 12.6. The summed E-state index contributed by atoms with van der Waals surface area (Å²) in [4.78, 5) is 15.8. The van der Waals surface area contributed by atoms with E-state index >= 15 is 0 Å². The fourth-order valence-corrected chi connectivity index (χ4v) is 3.72. The molecule has 4 rings (SSSR count). The van der Waals surface area contributed by atoms with Crippen molar-refractivity contribution in [2.24, 2.45) is 5.92 Å². The zero-order valence-corrected chi connectivity index (χ0v) is 17.9. The minimum Gasteiger partial charge on any atom is -0.493 e. The normalized spacial score (nSPS) is 16.2. The van der Waals surface area contributed by atoms with Gasteiger partial charge in [0.1, 0.15) is 13.2 Å². The predicted octanol–water partition coefficient (Wildman–Crippen LogP) is 3.19. The van der Waals surface area contributed by atoms with E-state index in [1.807, 2.05) is 53.4 Å². The lowest BCUT2D eigenvalue weighted by Crippen LogP contribution is -2.41. The van der Waals surface area contributed by atoms with Crippen LogP contribution in [0.3, 0.4) is 0 Å². The molecule has 1 aliphatic rings. The van der Waals surface area contributed by atoms with E-state index in [0.717, 1.165) is 30.6 Å². The van der Waals surface area contributed by atoms with Crippen molar-refractivity contribution in [1.82, 2.24) is 25.1 Å². The molecule has 2 heterocycles. The number of aromatic nitrogens is 4. The summed E-state index contributed by atoms with van der Waals surface area (Å²) in [5.41, 5.74) is 1.82. The molecule has 0 N–H and O–H groups in total. The SMILES string of the molecule is COc1cc(-c2nnn(CC(=O)N3CCCC(C)C3)n2)ccc1OCc1ccccc1. The second-order valence-electron chi connectivity index (χ2n) is 7.87. The van der Waals surface area contributed by atoms with Crippen LogP contribution in [0.1, 0.15) is 25.3 Å². The maximum absolute atomic E-state index is 12.6. The number of likely N-dealkylation sites (tertiary alicyclic amines) is 1. The number of carbonyl (C=O) groups is 1. The number of carbonyl (C=O) groups excluding carboxylic acids is 1. The van der Waals surface area contributed by atoms with Crippen molar-refractivity contribution in [2.75, 3.05) is 20.2 Å². The van der Waals surface area contributed by atoms with Crippen molar-refractivity contribution in [3.05, 3.63) is 54.1 Å². The van der Waals surface area contributed by atoms with Crippen LogP contribution in [0, 0.1) is 5.92 Å². The molecule has 3 aromatic rings. The highest BCUT2D eigenvalue weighted by atomic mass is 16.5. The predicted molar refractivity (Wildman–Crippen MR) is 116 cm³/mol. The van der Waals surface area contributed by atoms with Gasteiger partial charge in [-0.25, -0.2) is 0 Å². The number of nitrogens with zero attached hydrogens (tertiary/aromatic N) is 5. The molecule has 0 bridgehead atoms. The summed E-state index contributed by atoms with van der Waals surface area (Å²) >= 11 is 0. The van der Waals surface area contributed by atoms with Gasteiger partial charge in [-0.05, 0) is 47.7 Å². The van der Waals surface area contributed by atoms with E-state index in [9.17, 15) is 4.79 Å². The molecule has 2 aromatic carbocycles. The van der Waals surface area contributed by atoms with Crippen LogP contribution in [0.25, 0.3) is 11.4 Å². The van der Waals surface area contributed by atoms with Crippen LogP contribution in [0.15, 0.2) is 48.5 Å². The molecular formula is C23H27N5O3. The van der Waals surface area contributed by atoms with Gasteiger partial charge in [-0.1, -0.05) is 37.3 Å². The number of hydrogen-bond acceptors (Lipinski definition) is 6. The van der Waals surface area contributed by atoms with Crippen LogP contribution in [-0.4, -0.2) is 51.2 Å². The average molecular weight is 422 g/mol. The highest BCUT2D eigenvalue weighted by Gasteiger charge is 2.22. The number of methoxy groups -OCH3 is 1. The molecule has 0 saturated carbocycles. The topological polar surface area (TPSA) is 82.4 Å². The fraction of sp³-hybridized carbons (Fsp3) is 0.391. The molecule has 0 radical (unpaired) electrons. The molecule has 162 valence electrons. The largest absolute Gasteiger partial charge is 0.493 e. The zero-order valence-electron chi connectivity index (χ0n) is 17.9. The van der Waals surface area contributed by atoms with Crippen molar-refractivity contribution in [2.45, 2.75) is 32.9 Å². The van der Waals surface area contributed by atoms with Crippen LogP contribution in [0.4, 0.5) is 0 Å². The van der Waals surface area contributed by atoms with Gasteiger partial charge in [0.15, 0.2) is 11.5 Å². The second-order valence-corrected chi connectivity index (χ2v) is 7.87. The van der Waals surface area contributed by atoms with Crippen LogP contribution in [-0.2, 0) is 17.9 Å². The van der Waals surface area contributed by atoms with Crippen LogP contribution in [0.5, 0.6) is 11.5 Å². The monoisotopic (exact) mass is 421 g/mol. The van der Waals surface area contributed by atoms with Crippen LogP contribution in [0.2, 0.25) is 0 Å². The van der Waals surface area contributed by atoms with Gasteiger partial charge in [0.05, 0.1) is 7.11 Å². The first-order chi connectivity index (χ1) is 15.1. The van der Waals surface area contributed by atoms with E-state index in [4.69, 9.17) is 9.47 Å². The molecule has 0 spiro atoms. The van der Waals surface area contributed by atoms with E-state index in [1.165, 1.54) is 11.2 Å². The Balaban J connectivity index is 1.42. The average Bonchev–Trinajstić information content (AvgIpc) is 3.26. The summed E-state index contributed by atoms with van der Waals surface area (Å²) in [5.74, 6) is 2.22. The summed E-state index contributed by atoms with van der Waals surface area (Å²) in [6.07, 6.45) is 2.21. The lowest BCUT2D eigenvalue weighted by atomic mass is 10.0. The third kappa shape index (κ3) is 5.20. The van der Waals surface area contributed by atoms with Gasteiger partial charge < -0.3 is 14.4 Å². The Morgan fingerprint density at radius 2 is 2.00 bits per heavy atom. The maximum Gasteiger partial charge on any atom is 0.246 e. The third-order valence-corrected chi connectivity index (χ3v) is 5.40. The number of amides is 1. The number of ether oxygens (including phenoxy) is 2. The van der Waals surface area contributed by atoms with Crippen molar-refractivity contribution in [3.63, 3.8) is 0 Å². The first-order valence-electron chi connectivity index (χ1n) is 10.5. The van der Waals surface area contributed by atoms with Gasteiger partial charge in [0, 0.05) is 18.7 Å². The number of rotatable bonds is 7. The molecule has 31 heavy (non-hydrogen) atoms. The van der Waals surface area contributed by atoms with E-state index in [2.05, 4.69) is 22.3 Å². The molecule has 1 aromatic heterocycles. The minimum atomic E-state index is 0.0257. The Bertz CT molecular complexity index is 1020.